The van der Waals surface area contributed by atoms with Gasteiger partial charge in [0.25, 0.3) is 0 Å². The third-order valence-electron chi connectivity index (χ3n) is 2.18. The number of carbonyl (C=O) groups is 1. The fourth-order valence-electron chi connectivity index (χ4n) is 1.36. The Hall–Kier alpha value is -1.33. The van der Waals surface area contributed by atoms with Crippen LogP contribution in [0, 0.1) is 17.2 Å². The van der Waals surface area contributed by atoms with Crippen LogP contribution in [0.3, 0.4) is 0 Å². The minimum absolute atomic E-state index is 0.115. The molecular weight excluding hydrogens is 210 g/mol. The van der Waals surface area contributed by atoms with Crippen molar-refractivity contribution in [1.82, 2.24) is 0 Å². The molecule has 3 heteroatoms. The van der Waals surface area contributed by atoms with Crippen LogP contribution < -0.4 is 0 Å². The van der Waals surface area contributed by atoms with E-state index in [0.717, 1.165) is 6.42 Å². The number of ketones is 1. The topological polar surface area (TPSA) is 40.9 Å². The van der Waals surface area contributed by atoms with Gasteiger partial charge in [0.2, 0.25) is 0 Å². The molecule has 2 nitrogen and oxygen atoms in total. The Morgan fingerprint density at radius 1 is 1.47 bits per heavy atom. The van der Waals surface area contributed by atoms with Gasteiger partial charge >= 0.3 is 0 Å². The van der Waals surface area contributed by atoms with Crippen LogP contribution in [0.1, 0.15) is 30.1 Å². The summed E-state index contributed by atoms with van der Waals surface area (Å²) in [6, 6.07) is 8.67. The minimum Gasteiger partial charge on any atom is -0.293 e. The lowest BCUT2D eigenvalue weighted by Crippen LogP contribution is -2.12. The number of nitrogens with zero attached hydrogens (tertiary/aromatic N) is 1. The molecule has 0 fully saturated rings. The zero-order valence-corrected chi connectivity index (χ0v) is 9.29. The van der Waals surface area contributed by atoms with Crippen molar-refractivity contribution in [2.45, 2.75) is 19.8 Å². The molecule has 0 N–H and O–H groups in total. The monoisotopic (exact) mass is 221 g/mol. The molecule has 0 radical (unpaired) electrons. The molecule has 0 saturated heterocycles. The van der Waals surface area contributed by atoms with E-state index in [-0.39, 0.29) is 5.78 Å². The molecule has 0 aliphatic rings. The first-order valence-corrected chi connectivity index (χ1v) is 5.26. The van der Waals surface area contributed by atoms with Crippen molar-refractivity contribution in [1.29, 1.82) is 5.26 Å². The normalized spacial score (nSPS) is 11.8. The van der Waals surface area contributed by atoms with Gasteiger partial charge in [-0.25, -0.2) is 0 Å². The zero-order chi connectivity index (χ0) is 11.3. The quantitative estimate of drug-likeness (QED) is 0.731. The number of carbonyl (C=O) groups excluding carboxylic acids is 1. The van der Waals surface area contributed by atoms with Gasteiger partial charge < -0.3 is 0 Å². The first-order valence-electron chi connectivity index (χ1n) is 4.88. The summed E-state index contributed by atoms with van der Waals surface area (Å²) >= 11 is 5.71. The summed E-state index contributed by atoms with van der Waals surface area (Å²) in [4.78, 5) is 11.8. The lowest BCUT2D eigenvalue weighted by atomic mass is 9.95. The van der Waals surface area contributed by atoms with Crippen LogP contribution in [0.4, 0.5) is 0 Å². The predicted molar refractivity (Wildman–Crippen MR) is 59.8 cm³/mol. The summed E-state index contributed by atoms with van der Waals surface area (Å²) in [5.74, 6) is -0.646. The van der Waals surface area contributed by atoms with Crippen molar-refractivity contribution in [3.05, 3.63) is 34.9 Å². The van der Waals surface area contributed by atoms with Gasteiger partial charge in [-0.2, -0.15) is 5.26 Å². The highest BCUT2D eigenvalue weighted by Gasteiger charge is 2.18. The van der Waals surface area contributed by atoms with E-state index in [1.54, 1.807) is 24.3 Å². The van der Waals surface area contributed by atoms with Gasteiger partial charge in [-0.3, -0.25) is 4.79 Å². The number of hydrogen-bond donors (Lipinski definition) is 0. The van der Waals surface area contributed by atoms with E-state index in [4.69, 9.17) is 16.9 Å². The van der Waals surface area contributed by atoms with Crippen molar-refractivity contribution < 1.29 is 4.79 Å². The molecule has 0 aliphatic heterocycles. The molecule has 1 unspecified atom stereocenters. The average molecular weight is 222 g/mol. The summed E-state index contributed by atoms with van der Waals surface area (Å²) in [5, 5.41) is 9.44. The molecule has 15 heavy (non-hydrogen) atoms. The molecule has 0 aliphatic carbocycles. The Balaban J connectivity index is 2.84. The van der Waals surface area contributed by atoms with Gasteiger partial charge in [0.1, 0.15) is 5.92 Å². The molecule has 1 aromatic rings. The Labute approximate surface area is 94.5 Å². The lowest BCUT2D eigenvalue weighted by Gasteiger charge is -2.06. The number of halogens is 1. The Bertz CT molecular complexity index is 378. The van der Waals surface area contributed by atoms with Crippen LogP contribution in [-0.2, 0) is 0 Å². The second kappa shape index (κ2) is 5.53. The van der Waals surface area contributed by atoms with Crippen molar-refractivity contribution in [2.75, 3.05) is 0 Å². The summed E-state index contributed by atoms with van der Waals surface area (Å²) in [5.41, 5.74) is 0.555. The number of rotatable bonds is 4. The predicted octanol–water partition coefficient (Wildman–Crippen LogP) is 3.46. The van der Waals surface area contributed by atoms with Crippen LogP contribution in [0.15, 0.2) is 24.3 Å². The van der Waals surface area contributed by atoms with E-state index < -0.39 is 5.92 Å². The van der Waals surface area contributed by atoms with Gasteiger partial charge in [0, 0.05) is 10.6 Å². The summed E-state index contributed by atoms with van der Waals surface area (Å²) < 4.78 is 0. The van der Waals surface area contributed by atoms with E-state index in [9.17, 15) is 4.79 Å². The first kappa shape index (κ1) is 11.7. The average Bonchev–Trinajstić information content (AvgIpc) is 2.26. The van der Waals surface area contributed by atoms with Crippen molar-refractivity contribution in [3.63, 3.8) is 0 Å². The summed E-state index contributed by atoms with van der Waals surface area (Å²) in [6.07, 6.45) is 1.44. The molecule has 0 spiro atoms. The van der Waals surface area contributed by atoms with Crippen molar-refractivity contribution in [2.24, 2.45) is 5.92 Å². The van der Waals surface area contributed by atoms with Crippen LogP contribution in [0.5, 0.6) is 0 Å². The van der Waals surface area contributed by atoms with Gasteiger partial charge in [-0.1, -0.05) is 24.9 Å². The standard InChI is InChI=1S/C12H12ClNO/c1-2-3-10(8-14)12(15)9-4-6-11(13)7-5-9/h4-7,10H,2-3H2,1H3. The Morgan fingerprint density at radius 2 is 2.07 bits per heavy atom. The van der Waals surface area contributed by atoms with E-state index in [0.29, 0.717) is 17.0 Å². The van der Waals surface area contributed by atoms with Gasteiger partial charge in [-0.05, 0) is 30.7 Å². The third kappa shape index (κ3) is 3.07. The first-order chi connectivity index (χ1) is 7.19. The van der Waals surface area contributed by atoms with Crippen molar-refractivity contribution in [3.8, 4) is 6.07 Å². The fraction of sp³-hybridized carbons (Fsp3) is 0.333. The Kier molecular flexibility index (Phi) is 4.33. The Morgan fingerprint density at radius 3 is 2.53 bits per heavy atom. The molecule has 0 bridgehead atoms. The maximum absolute atomic E-state index is 11.8. The second-order valence-electron chi connectivity index (χ2n) is 3.34. The molecule has 78 valence electrons. The highest BCUT2D eigenvalue weighted by atomic mass is 35.5. The lowest BCUT2D eigenvalue weighted by molar-refractivity contribution is 0.0943. The summed E-state index contributed by atoms with van der Waals surface area (Å²) in [7, 11) is 0. The van der Waals surface area contributed by atoms with Crippen molar-refractivity contribution >= 4 is 17.4 Å². The highest BCUT2D eigenvalue weighted by molar-refractivity contribution is 6.30. The maximum Gasteiger partial charge on any atom is 0.179 e. The number of hydrogen-bond acceptors (Lipinski definition) is 2. The minimum atomic E-state index is -0.531. The molecular formula is C12H12ClNO. The second-order valence-corrected chi connectivity index (χ2v) is 3.78. The van der Waals surface area contributed by atoms with E-state index >= 15 is 0 Å². The SMILES string of the molecule is CCCC(C#N)C(=O)c1ccc(Cl)cc1. The smallest absolute Gasteiger partial charge is 0.179 e. The molecule has 1 atom stereocenters. The van der Waals surface area contributed by atoms with Gasteiger partial charge in [0.15, 0.2) is 5.78 Å². The molecule has 1 rings (SSSR count). The molecule has 0 saturated carbocycles. The highest BCUT2D eigenvalue weighted by Crippen LogP contribution is 2.16. The van der Waals surface area contributed by atoms with E-state index in [1.807, 2.05) is 13.0 Å². The van der Waals surface area contributed by atoms with E-state index in [2.05, 4.69) is 0 Å². The van der Waals surface area contributed by atoms with Crippen LogP contribution in [-0.4, -0.2) is 5.78 Å². The molecule has 0 amide bonds. The number of benzene rings is 1. The fourth-order valence-corrected chi connectivity index (χ4v) is 1.48. The van der Waals surface area contributed by atoms with Gasteiger partial charge in [0.05, 0.1) is 6.07 Å². The van der Waals surface area contributed by atoms with Crippen LogP contribution in [0.25, 0.3) is 0 Å². The van der Waals surface area contributed by atoms with Crippen LogP contribution in [0.2, 0.25) is 5.02 Å². The third-order valence-corrected chi connectivity index (χ3v) is 2.43. The van der Waals surface area contributed by atoms with Gasteiger partial charge in [-0.15, -0.1) is 0 Å². The molecule has 0 heterocycles. The summed E-state index contributed by atoms with van der Waals surface area (Å²) in [6.45, 7) is 1.96. The van der Waals surface area contributed by atoms with Crippen LogP contribution >= 0.6 is 11.6 Å². The number of Topliss-reactive ketones (excluding diaryl/α,β-unsaturated/α-hetero) is 1. The zero-order valence-electron chi connectivity index (χ0n) is 8.53. The van der Waals surface area contributed by atoms with E-state index in [1.165, 1.54) is 0 Å². The maximum atomic E-state index is 11.8. The largest absolute Gasteiger partial charge is 0.293 e. The molecule has 1 aromatic carbocycles. The number of nitriles is 1. The molecule has 0 aromatic heterocycles.